The summed E-state index contributed by atoms with van der Waals surface area (Å²) < 4.78 is 5.39. The molecule has 2 atom stereocenters. The molecule has 3 heteroatoms. The van der Waals surface area contributed by atoms with Crippen LogP contribution in [0.25, 0.3) is 0 Å². The molecule has 0 radical (unpaired) electrons. The van der Waals surface area contributed by atoms with E-state index in [1.54, 1.807) is 7.11 Å². The van der Waals surface area contributed by atoms with Crippen LogP contribution in [0, 0.1) is 5.92 Å². The highest BCUT2D eigenvalue weighted by Gasteiger charge is 2.34. The van der Waals surface area contributed by atoms with Gasteiger partial charge in [0, 0.05) is 13.7 Å². The molecule has 1 aliphatic rings. The van der Waals surface area contributed by atoms with Gasteiger partial charge in [-0.05, 0) is 44.7 Å². The molecule has 1 aliphatic heterocycles. The van der Waals surface area contributed by atoms with Gasteiger partial charge in [-0.15, -0.1) is 0 Å². The summed E-state index contributed by atoms with van der Waals surface area (Å²) in [6.45, 7) is 8.39. The van der Waals surface area contributed by atoms with E-state index in [2.05, 4.69) is 18.7 Å². The zero-order valence-electron chi connectivity index (χ0n) is 11.2. The highest BCUT2D eigenvalue weighted by molar-refractivity contribution is 4.91. The lowest BCUT2D eigenvalue weighted by Gasteiger charge is -2.42. The molecule has 1 fully saturated rings. The first-order valence-electron chi connectivity index (χ1n) is 6.62. The Morgan fingerprint density at radius 1 is 1.38 bits per heavy atom. The molecule has 2 N–H and O–H groups in total. The highest BCUT2D eigenvalue weighted by Crippen LogP contribution is 2.25. The van der Waals surface area contributed by atoms with Crippen LogP contribution in [0.5, 0.6) is 0 Å². The number of methoxy groups -OCH3 is 1. The molecule has 0 aromatic carbocycles. The van der Waals surface area contributed by atoms with Crippen LogP contribution >= 0.6 is 0 Å². The van der Waals surface area contributed by atoms with E-state index in [9.17, 15) is 0 Å². The topological polar surface area (TPSA) is 38.5 Å². The predicted molar refractivity (Wildman–Crippen MR) is 68.5 cm³/mol. The predicted octanol–water partition coefficient (Wildman–Crippen LogP) is 1.86. The SMILES string of the molecule is CCC(CN)(COC)N1CCCC(C)CC1. The molecule has 0 spiro atoms. The summed E-state index contributed by atoms with van der Waals surface area (Å²) in [5.74, 6) is 0.861. The van der Waals surface area contributed by atoms with Crippen LogP contribution in [0.4, 0.5) is 0 Å². The summed E-state index contributed by atoms with van der Waals surface area (Å²) in [6, 6.07) is 0. The Morgan fingerprint density at radius 2 is 2.12 bits per heavy atom. The summed E-state index contributed by atoms with van der Waals surface area (Å²) in [6.07, 6.45) is 5.03. The Labute approximate surface area is 100 Å². The van der Waals surface area contributed by atoms with Crippen molar-refractivity contribution in [2.45, 2.75) is 45.1 Å². The first-order chi connectivity index (χ1) is 7.68. The van der Waals surface area contributed by atoms with Crippen LogP contribution in [-0.4, -0.2) is 43.8 Å². The molecule has 0 aromatic heterocycles. The van der Waals surface area contributed by atoms with Gasteiger partial charge in [0.05, 0.1) is 12.1 Å². The number of nitrogens with zero attached hydrogens (tertiary/aromatic N) is 1. The van der Waals surface area contributed by atoms with Gasteiger partial charge in [-0.2, -0.15) is 0 Å². The van der Waals surface area contributed by atoms with Crippen molar-refractivity contribution in [2.24, 2.45) is 11.7 Å². The average Bonchev–Trinajstić information content (AvgIpc) is 2.52. The quantitative estimate of drug-likeness (QED) is 0.780. The van der Waals surface area contributed by atoms with Gasteiger partial charge in [-0.1, -0.05) is 13.8 Å². The van der Waals surface area contributed by atoms with Crippen LogP contribution in [0.2, 0.25) is 0 Å². The van der Waals surface area contributed by atoms with Gasteiger partial charge in [-0.3, -0.25) is 4.90 Å². The molecule has 0 bridgehead atoms. The minimum Gasteiger partial charge on any atom is -0.383 e. The molecule has 0 amide bonds. The Morgan fingerprint density at radius 3 is 2.69 bits per heavy atom. The molecule has 2 unspecified atom stereocenters. The van der Waals surface area contributed by atoms with Gasteiger partial charge >= 0.3 is 0 Å². The number of nitrogens with two attached hydrogens (primary N) is 1. The Hall–Kier alpha value is -0.120. The molecule has 1 rings (SSSR count). The smallest absolute Gasteiger partial charge is 0.0658 e. The second-order valence-electron chi connectivity index (χ2n) is 5.24. The van der Waals surface area contributed by atoms with Crippen molar-refractivity contribution >= 4 is 0 Å². The number of rotatable bonds is 5. The third-order valence-electron chi connectivity index (χ3n) is 4.14. The molecule has 16 heavy (non-hydrogen) atoms. The van der Waals surface area contributed by atoms with E-state index in [0.29, 0.717) is 6.54 Å². The van der Waals surface area contributed by atoms with Crippen molar-refractivity contribution in [3.8, 4) is 0 Å². The number of hydrogen-bond acceptors (Lipinski definition) is 3. The molecule has 1 saturated heterocycles. The lowest BCUT2D eigenvalue weighted by Crippen LogP contribution is -2.56. The van der Waals surface area contributed by atoms with Crippen molar-refractivity contribution in [1.82, 2.24) is 4.90 Å². The first kappa shape index (κ1) is 13.9. The summed E-state index contributed by atoms with van der Waals surface area (Å²) in [4.78, 5) is 2.57. The average molecular weight is 228 g/mol. The van der Waals surface area contributed by atoms with E-state index in [-0.39, 0.29) is 5.54 Å². The van der Waals surface area contributed by atoms with E-state index in [1.807, 2.05) is 0 Å². The number of ether oxygens (including phenoxy) is 1. The van der Waals surface area contributed by atoms with Crippen LogP contribution in [0.3, 0.4) is 0 Å². The minimum absolute atomic E-state index is 0.0683. The lowest BCUT2D eigenvalue weighted by atomic mass is 9.94. The van der Waals surface area contributed by atoms with Gasteiger partial charge < -0.3 is 10.5 Å². The largest absolute Gasteiger partial charge is 0.383 e. The van der Waals surface area contributed by atoms with Crippen LogP contribution in [0.1, 0.15) is 39.5 Å². The standard InChI is InChI=1S/C13H28N2O/c1-4-13(10-14,11-16-3)15-8-5-6-12(2)7-9-15/h12H,4-11,14H2,1-3H3. The molecular formula is C13H28N2O. The van der Waals surface area contributed by atoms with Gasteiger partial charge in [0.1, 0.15) is 0 Å². The lowest BCUT2D eigenvalue weighted by molar-refractivity contribution is 0.0132. The zero-order valence-corrected chi connectivity index (χ0v) is 11.2. The second-order valence-corrected chi connectivity index (χ2v) is 5.24. The van der Waals surface area contributed by atoms with E-state index in [4.69, 9.17) is 10.5 Å². The van der Waals surface area contributed by atoms with Crippen molar-refractivity contribution in [3.05, 3.63) is 0 Å². The maximum atomic E-state index is 6.00. The third kappa shape index (κ3) is 3.19. The Balaban J connectivity index is 2.68. The van der Waals surface area contributed by atoms with Crippen molar-refractivity contribution in [3.63, 3.8) is 0 Å². The number of likely N-dealkylation sites (tertiary alicyclic amines) is 1. The molecule has 3 nitrogen and oxygen atoms in total. The fourth-order valence-electron chi connectivity index (χ4n) is 2.76. The fourth-order valence-corrected chi connectivity index (χ4v) is 2.76. The van der Waals surface area contributed by atoms with E-state index in [1.165, 1.54) is 32.4 Å². The monoisotopic (exact) mass is 228 g/mol. The van der Waals surface area contributed by atoms with Crippen molar-refractivity contribution in [2.75, 3.05) is 33.4 Å². The maximum absolute atomic E-state index is 6.00. The van der Waals surface area contributed by atoms with E-state index in [0.717, 1.165) is 18.9 Å². The van der Waals surface area contributed by atoms with Gasteiger partial charge in [-0.25, -0.2) is 0 Å². The summed E-state index contributed by atoms with van der Waals surface area (Å²) in [5, 5.41) is 0. The van der Waals surface area contributed by atoms with Crippen LogP contribution < -0.4 is 5.73 Å². The zero-order chi connectivity index (χ0) is 12.0. The molecule has 0 aliphatic carbocycles. The third-order valence-corrected chi connectivity index (χ3v) is 4.14. The molecule has 96 valence electrons. The van der Waals surface area contributed by atoms with Gasteiger partial charge in [0.25, 0.3) is 0 Å². The highest BCUT2D eigenvalue weighted by atomic mass is 16.5. The van der Waals surface area contributed by atoms with Crippen LogP contribution in [-0.2, 0) is 4.74 Å². The summed E-state index contributed by atoms with van der Waals surface area (Å²) in [7, 11) is 1.78. The van der Waals surface area contributed by atoms with Crippen molar-refractivity contribution < 1.29 is 4.74 Å². The Bertz CT molecular complexity index is 192. The normalized spacial score (nSPS) is 27.4. The second kappa shape index (κ2) is 6.58. The maximum Gasteiger partial charge on any atom is 0.0658 e. The summed E-state index contributed by atoms with van der Waals surface area (Å²) >= 11 is 0. The Kier molecular flexibility index (Phi) is 5.73. The van der Waals surface area contributed by atoms with Crippen molar-refractivity contribution in [1.29, 1.82) is 0 Å². The summed E-state index contributed by atoms with van der Waals surface area (Å²) in [5.41, 5.74) is 6.07. The molecule has 0 saturated carbocycles. The fraction of sp³-hybridized carbons (Fsp3) is 1.00. The first-order valence-corrected chi connectivity index (χ1v) is 6.62. The van der Waals surface area contributed by atoms with Gasteiger partial charge in [0.2, 0.25) is 0 Å². The molecule has 0 aromatic rings. The van der Waals surface area contributed by atoms with E-state index >= 15 is 0 Å². The molecule has 1 heterocycles. The minimum atomic E-state index is 0.0683. The number of hydrogen-bond donors (Lipinski definition) is 1. The van der Waals surface area contributed by atoms with Gasteiger partial charge in [0.15, 0.2) is 0 Å². The van der Waals surface area contributed by atoms with Crippen LogP contribution in [0.15, 0.2) is 0 Å². The molecular weight excluding hydrogens is 200 g/mol. The van der Waals surface area contributed by atoms with E-state index < -0.39 is 0 Å².